The van der Waals surface area contributed by atoms with Crippen molar-refractivity contribution >= 4 is 43.4 Å². The van der Waals surface area contributed by atoms with Crippen molar-refractivity contribution in [3.05, 3.63) is 140 Å². The molecule has 0 unspecified atom stereocenters. The van der Waals surface area contributed by atoms with Crippen LogP contribution in [0.2, 0.25) is 0 Å². The molecule has 0 spiro atoms. The molecule has 0 saturated carbocycles. The zero-order valence-electron chi connectivity index (χ0n) is 21.1. The molecular weight excluding hydrogens is 474 g/mol. The molecule has 0 bridgehead atoms. The number of benzene rings is 7. The summed E-state index contributed by atoms with van der Waals surface area (Å²) in [4.78, 5) is 4.69. The van der Waals surface area contributed by atoms with E-state index < -0.39 is 0 Å². The van der Waals surface area contributed by atoms with E-state index in [2.05, 4.69) is 120 Å². The number of oxazole rings is 1. The van der Waals surface area contributed by atoms with E-state index in [1.807, 2.05) is 24.3 Å². The highest BCUT2D eigenvalue weighted by Crippen LogP contribution is 2.45. The van der Waals surface area contributed by atoms with E-state index in [1.165, 1.54) is 54.6 Å². The van der Waals surface area contributed by atoms with E-state index in [0.29, 0.717) is 5.89 Å². The monoisotopic (exact) mass is 497 g/mol. The Morgan fingerprint density at radius 2 is 0.949 bits per heavy atom. The van der Waals surface area contributed by atoms with Crippen LogP contribution >= 0.6 is 0 Å². The Morgan fingerprint density at radius 3 is 1.64 bits per heavy atom. The molecule has 0 amide bonds. The molecular formula is C37H23NO. The number of hydrogen-bond donors (Lipinski definition) is 0. The molecule has 0 atom stereocenters. The Kier molecular flexibility index (Phi) is 4.86. The first-order valence-electron chi connectivity index (χ1n) is 13.2. The maximum Gasteiger partial charge on any atom is 0.227 e. The van der Waals surface area contributed by atoms with E-state index in [1.54, 1.807) is 0 Å². The maximum absolute atomic E-state index is 6.03. The minimum Gasteiger partial charge on any atom is -0.436 e. The van der Waals surface area contributed by atoms with Gasteiger partial charge < -0.3 is 4.42 Å². The van der Waals surface area contributed by atoms with Gasteiger partial charge in [-0.15, -0.1) is 0 Å². The smallest absolute Gasteiger partial charge is 0.227 e. The van der Waals surface area contributed by atoms with E-state index >= 15 is 0 Å². The number of rotatable bonds is 3. The number of hydrogen-bond acceptors (Lipinski definition) is 2. The summed E-state index contributed by atoms with van der Waals surface area (Å²) in [7, 11) is 0. The van der Waals surface area contributed by atoms with Crippen molar-refractivity contribution in [1.82, 2.24) is 4.98 Å². The molecule has 0 fully saturated rings. The minimum absolute atomic E-state index is 0.642. The molecule has 0 saturated heterocycles. The predicted octanol–water partition coefficient (Wildman–Crippen LogP) is 10.3. The second-order valence-corrected chi connectivity index (χ2v) is 9.93. The average molecular weight is 498 g/mol. The van der Waals surface area contributed by atoms with Gasteiger partial charge in [-0.2, -0.15) is 0 Å². The summed E-state index contributed by atoms with van der Waals surface area (Å²) in [6.45, 7) is 0. The first-order valence-corrected chi connectivity index (χ1v) is 13.2. The van der Waals surface area contributed by atoms with Crippen LogP contribution in [0.1, 0.15) is 0 Å². The second-order valence-electron chi connectivity index (χ2n) is 9.93. The highest BCUT2D eigenvalue weighted by molar-refractivity contribution is 6.23. The lowest BCUT2D eigenvalue weighted by atomic mass is 9.84. The third kappa shape index (κ3) is 3.46. The van der Waals surface area contributed by atoms with Crippen LogP contribution in [0, 0.1) is 0 Å². The standard InChI is InChI=1S/C37H23NO/c1-2-12-27-24(10-1)11-9-17-28(27)36-31-15-5-3-13-29(31)35(30-14-4-6-16-32(30)36)25-20-22-26(23-21-25)37-38-33-18-7-8-19-34(33)39-37/h1-23H. The summed E-state index contributed by atoms with van der Waals surface area (Å²) in [5.41, 5.74) is 7.61. The zero-order valence-corrected chi connectivity index (χ0v) is 21.1. The fraction of sp³-hybridized carbons (Fsp3) is 0. The first-order chi connectivity index (χ1) is 19.3. The van der Waals surface area contributed by atoms with Gasteiger partial charge in [-0.05, 0) is 78.8 Å². The van der Waals surface area contributed by atoms with E-state index in [4.69, 9.17) is 4.42 Å². The maximum atomic E-state index is 6.03. The molecule has 0 aliphatic rings. The molecule has 0 aliphatic carbocycles. The molecule has 8 rings (SSSR count). The Hall–Kier alpha value is -5.21. The predicted molar refractivity (Wildman–Crippen MR) is 163 cm³/mol. The molecule has 182 valence electrons. The van der Waals surface area contributed by atoms with Gasteiger partial charge in [-0.25, -0.2) is 4.98 Å². The van der Waals surface area contributed by atoms with E-state index in [-0.39, 0.29) is 0 Å². The van der Waals surface area contributed by atoms with Crippen LogP contribution in [-0.4, -0.2) is 4.98 Å². The van der Waals surface area contributed by atoms with Gasteiger partial charge >= 0.3 is 0 Å². The largest absolute Gasteiger partial charge is 0.436 e. The third-order valence-corrected chi connectivity index (χ3v) is 7.70. The number of aromatic nitrogens is 1. The quantitative estimate of drug-likeness (QED) is 0.227. The van der Waals surface area contributed by atoms with Gasteiger partial charge in [-0.3, -0.25) is 0 Å². The summed E-state index contributed by atoms with van der Waals surface area (Å²) in [6.07, 6.45) is 0. The molecule has 8 aromatic rings. The van der Waals surface area contributed by atoms with Crippen molar-refractivity contribution in [2.75, 3.05) is 0 Å². The van der Waals surface area contributed by atoms with Crippen LogP contribution < -0.4 is 0 Å². The van der Waals surface area contributed by atoms with Crippen LogP contribution in [0.15, 0.2) is 144 Å². The van der Waals surface area contributed by atoms with Gasteiger partial charge in [-0.1, -0.05) is 115 Å². The minimum atomic E-state index is 0.642. The van der Waals surface area contributed by atoms with Gasteiger partial charge in [0.15, 0.2) is 5.58 Å². The van der Waals surface area contributed by atoms with Crippen molar-refractivity contribution < 1.29 is 4.42 Å². The fourth-order valence-electron chi connectivity index (χ4n) is 5.95. The molecule has 2 heteroatoms. The van der Waals surface area contributed by atoms with Gasteiger partial charge in [0.1, 0.15) is 5.52 Å². The lowest BCUT2D eigenvalue weighted by Gasteiger charge is -2.18. The Labute approximate surface area is 225 Å². The van der Waals surface area contributed by atoms with Gasteiger partial charge in [0.2, 0.25) is 5.89 Å². The van der Waals surface area contributed by atoms with Crippen LogP contribution in [0.25, 0.3) is 77.1 Å². The third-order valence-electron chi connectivity index (χ3n) is 7.70. The molecule has 0 radical (unpaired) electrons. The van der Waals surface area contributed by atoms with Gasteiger partial charge in [0.05, 0.1) is 0 Å². The lowest BCUT2D eigenvalue weighted by molar-refractivity contribution is 0.620. The summed E-state index contributed by atoms with van der Waals surface area (Å²) >= 11 is 0. The molecule has 1 heterocycles. The Bertz CT molecular complexity index is 2070. The average Bonchev–Trinajstić information content (AvgIpc) is 3.44. The summed E-state index contributed by atoms with van der Waals surface area (Å²) < 4.78 is 6.03. The van der Waals surface area contributed by atoms with E-state index in [9.17, 15) is 0 Å². The molecule has 7 aromatic carbocycles. The normalized spacial score (nSPS) is 11.6. The highest BCUT2D eigenvalue weighted by atomic mass is 16.3. The fourth-order valence-corrected chi connectivity index (χ4v) is 5.95. The summed E-state index contributed by atoms with van der Waals surface area (Å²) in [5, 5.41) is 7.52. The van der Waals surface area contributed by atoms with E-state index in [0.717, 1.165) is 16.7 Å². The SMILES string of the molecule is c1ccc2c(-c3c4ccccc4c(-c4ccc(-c5nc6ccccc6o5)cc4)c4ccccc34)cccc2c1. The lowest BCUT2D eigenvalue weighted by Crippen LogP contribution is -1.91. The van der Waals surface area contributed by atoms with Crippen LogP contribution in [0.3, 0.4) is 0 Å². The Morgan fingerprint density at radius 1 is 0.410 bits per heavy atom. The highest BCUT2D eigenvalue weighted by Gasteiger charge is 2.18. The first kappa shape index (κ1) is 21.8. The number of para-hydroxylation sites is 2. The topological polar surface area (TPSA) is 26.0 Å². The van der Waals surface area contributed by atoms with Gasteiger partial charge in [0.25, 0.3) is 0 Å². The summed E-state index contributed by atoms with van der Waals surface area (Å²) in [5.74, 6) is 0.642. The summed E-state index contributed by atoms with van der Waals surface area (Å²) in [6, 6.07) is 49.3. The van der Waals surface area contributed by atoms with Gasteiger partial charge in [0, 0.05) is 5.56 Å². The van der Waals surface area contributed by atoms with Crippen molar-refractivity contribution in [3.8, 4) is 33.7 Å². The zero-order chi connectivity index (χ0) is 25.8. The number of fused-ring (bicyclic) bond motifs is 4. The molecule has 0 aliphatic heterocycles. The molecule has 2 nitrogen and oxygen atoms in total. The van der Waals surface area contributed by atoms with Crippen molar-refractivity contribution in [1.29, 1.82) is 0 Å². The molecule has 1 aromatic heterocycles. The van der Waals surface area contributed by atoms with Crippen molar-refractivity contribution in [3.63, 3.8) is 0 Å². The second kappa shape index (κ2) is 8.68. The Balaban J connectivity index is 1.38. The van der Waals surface area contributed by atoms with Crippen molar-refractivity contribution in [2.45, 2.75) is 0 Å². The number of nitrogens with zero attached hydrogens (tertiary/aromatic N) is 1. The molecule has 0 N–H and O–H groups in total. The van der Waals surface area contributed by atoms with Crippen LogP contribution in [0.4, 0.5) is 0 Å². The van der Waals surface area contributed by atoms with Crippen LogP contribution in [0.5, 0.6) is 0 Å². The van der Waals surface area contributed by atoms with Crippen molar-refractivity contribution in [2.24, 2.45) is 0 Å². The molecule has 39 heavy (non-hydrogen) atoms. The van der Waals surface area contributed by atoms with Crippen LogP contribution in [-0.2, 0) is 0 Å².